The number of hydrogen-bond acceptors (Lipinski definition) is 6. The Morgan fingerprint density at radius 3 is 2.52 bits per heavy atom. The standard InChI is InChI=1S/C23H29N5O3/c1-17(2)30-21-12-10-19(11-13-21)27-23(25-16-22-26-18(3)28-31-22)24-14-7-15-29-20-8-5-4-6-9-20/h4-6,8-13,17H,7,14-16H2,1-3H3,(H2,24,25,27). The number of benzene rings is 2. The molecule has 164 valence electrons. The highest BCUT2D eigenvalue weighted by Gasteiger charge is 2.05. The highest BCUT2D eigenvalue weighted by atomic mass is 16.5. The van der Waals surface area contributed by atoms with Crippen LogP contribution in [0.5, 0.6) is 11.5 Å². The first kappa shape index (κ1) is 22.1. The van der Waals surface area contributed by atoms with Gasteiger partial charge in [-0.15, -0.1) is 0 Å². The molecular formula is C23H29N5O3. The van der Waals surface area contributed by atoms with Crippen LogP contribution in [-0.2, 0) is 6.54 Å². The van der Waals surface area contributed by atoms with Crippen LogP contribution in [0.25, 0.3) is 0 Å². The minimum atomic E-state index is 0.133. The summed E-state index contributed by atoms with van der Waals surface area (Å²) < 4.78 is 16.6. The van der Waals surface area contributed by atoms with E-state index in [4.69, 9.17) is 14.0 Å². The minimum absolute atomic E-state index is 0.133. The fourth-order valence-corrected chi connectivity index (χ4v) is 2.70. The highest BCUT2D eigenvalue weighted by Crippen LogP contribution is 2.17. The molecule has 0 spiro atoms. The number of hydrogen-bond donors (Lipinski definition) is 2. The maximum Gasteiger partial charge on any atom is 0.248 e. The summed E-state index contributed by atoms with van der Waals surface area (Å²) in [5, 5.41) is 10.4. The number of nitrogens with one attached hydrogen (secondary N) is 2. The number of ether oxygens (including phenoxy) is 2. The van der Waals surface area contributed by atoms with Crippen molar-refractivity contribution in [1.82, 2.24) is 15.5 Å². The molecule has 1 heterocycles. The predicted octanol–water partition coefficient (Wildman–Crippen LogP) is 4.19. The lowest BCUT2D eigenvalue weighted by Gasteiger charge is -2.14. The number of guanidine groups is 1. The molecule has 2 N–H and O–H groups in total. The Bertz CT molecular complexity index is 939. The van der Waals surface area contributed by atoms with Crippen molar-refractivity contribution in [2.45, 2.75) is 39.8 Å². The second-order valence-electron chi connectivity index (χ2n) is 7.16. The van der Waals surface area contributed by atoms with Gasteiger partial charge in [0.05, 0.1) is 12.7 Å². The zero-order chi connectivity index (χ0) is 21.9. The SMILES string of the molecule is Cc1noc(CN=C(NCCCOc2ccccc2)Nc2ccc(OC(C)C)cc2)n1. The monoisotopic (exact) mass is 423 g/mol. The number of anilines is 1. The first-order chi connectivity index (χ1) is 15.1. The molecule has 0 aliphatic rings. The molecule has 0 saturated heterocycles. The van der Waals surface area contributed by atoms with Crippen molar-refractivity contribution in [3.63, 3.8) is 0 Å². The third-order valence-electron chi connectivity index (χ3n) is 4.06. The van der Waals surface area contributed by atoms with E-state index in [1.165, 1.54) is 0 Å². The van der Waals surface area contributed by atoms with Gasteiger partial charge in [0.2, 0.25) is 5.89 Å². The summed E-state index contributed by atoms with van der Waals surface area (Å²) in [5.74, 6) is 3.36. The Morgan fingerprint density at radius 1 is 1.06 bits per heavy atom. The average Bonchev–Trinajstić information content (AvgIpc) is 3.18. The van der Waals surface area contributed by atoms with E-state index >= 15 is 0 Å². The largest absolute Gasteiger partial charge is 0.494 e. The van der Waals surface area contributed by atoms with Crippen LogP contribution < -0.4 is 20.1 Å². The van der Waals surface area contributed by atoms with Crippen molar-refractivity contribution in [2.24, 2.45) is 4.99 Å². The molecule has 0 atom stereocenters. The van der Waals surface area contributed by atoms with Crippen LogP contribution in [0.15, 0.2) is 64.1 Å². The quantitative estimate of drug-likeness (QED) is 0.287. The lowest BCUT2D eigenvalue weighted by atomic mass is 10.3. The van der Waals surface area contributed by atoms with Crippen LogP contribution in [0.3, 0.4) is 0 Å². The molecule has 0 aliphatic carbocycles. The lowest BCUT2D eigenvalue weighted by Crippen LogP contribution is -2.32. The van der Waals surface area contributed by atoms with Gasteiger partial charge in [-0.05, 0) is 63.6 Å². The second kappa shape index (κ2) is 11.6. The number of para-hydroxylation sites is 1. The Hall–Kier alpha value is -3.55. The molecule has 8 heteroatoms. The van der Waals surface area contributed by atoms with E-state index < -0.39 is 0 Å². The van der Waals surface area contributed by atoms with E-state index in [0.717, 1.165) is 23.6 Å². The molecule has 2 aromatic carbocycles. The van der Waals surface area contributed by atoms with Gasteiger partial charge in [-0.25, -0.2) is 4.99 Å². The number of aryl methyl sites for hydroxylation is 1. The normalized spacial score (nSPS) is 11.4. The number of aromatic nitrogens is 2. The number of rotatable bonds is 10. The van der Waals surface area contributed by atoms with Crippen LogP contribution in [0, 0.1) is 6.92 Å². The highest BCUT2D eigenvalue weighted by molar-refractivity contribution is 5.93. The molecule has 0 unspecified atom stereocenters. The lowest BCUT2D eigenvalue weighted by molar-refractivity contribution is 0.242. The van der Waals surface area contributed by atoms with Gasteiger partial charge in [-0.2, -0.15) is 4.98 Å². The van der Waals surface area contributed by atoms with Crippen LogP contribution in [0.1, 0.15) is 32.0 Å². The number of aliphatic imine (C=N–C) groups is 1. The molecular weight excluding hydrogens is 394 g/mol. The first-order valence-corrected chi connectivity index (χ1v) is 10.4. The maximum absolute atomic E-state index is 5.74. The molecule has 0 fully saturated rings. The van der Waals surface area contributed by atoms with Gasteiger partial charge in [-0.3, -0.25) is 0 Å². The van der Waals surface area contributed by atoms with Gasteiger partial charge in [-0.1, -0.05) is 23.4 Å². The summed E-state index contributed by atoms with van der Waals surface area (Å²) in [6, 6.07) is 17.5. The molecule has 0 radical (unpaired) electrons. The molecule has 0 bridgehead atoms. The minimum Gasteiger partial charge on any atom is -0.494 e. The van der Waals surface area contributed by atoms with Crippen molar-refractivity contribution in [2.75, 3.05) is 18.5 Å². The van der Waals surface area contributed by atoms with Crippen LogP contribution in [-0.4, -0.2) is 35.4 Å². The molecule has 0 amide bonds. The van der Waals surface area contributed by atoms with Crippen molar-refractivity contribution < 1.29 is 14.0 Å². The third-order valence-corrected chi connectivity index (χ3v) is 4.06. The van der Waals surface area contributed by atoms with E-state index in [9.17, 15) is 0 Å². The summed E-state index contributed by atoms with van der Waals surface area (Å²) in [6.07, 6.45) is 0.949. The van der Waals surface area contributed by atoms with E-state index in [1.54, 1.807) is 6.92 Å². The predicted molar refractivity (Wildman–Crippen MR) is 121 cm³/mol. The van der Waals surface area contributed by atoms with Gasteiger partial charge in [0.25, 0.3) is 0 Å². The van der Waals surface area contributed by atoms with Crippen molar-refractivity contribution >= 4 is 11.6 Å². The van der Waals surface area contributed by atoms with Gasteiger partial charge in [0.15, 0.2) is 11.8 Å². The van der Waals surface area contributed by atoms with Crippen LogP contribution >= 0.6 is 0 Å². The van der Waals surface area contributed by atoms with Crippen molar-refractivity contribution in [1.29, 1.82) is 0 Å². The summed E-state index contributed by atoms with van der Waals surface area (Å²) >= 11 is 0. The zero-order valence-corrected chi connectivity index (χ0v) is 18.2. The summed E-state index contributed by atoms with van der Waals surface area (Å²) in [6.45, 7) is 7.36. The van der Waals surface area contributed by atoms with Crippen molar-refractivity contribution in [3.8, 4) is 11.5 Å². The maximum atomic E-state index is 5.74. The molecule has 3 rings (SSSR count). The fourth-order valence-electron chi connectivity index (χ4n) is 2.70. The molecule has 1 aromatic heterocycles. The zero-order valence-electron chi connectivity index (χ0n) is 18.2. The molecule has 31 heavy (non-hydrogen) atoms. The molecule has 0 saturated carbocycles. The average molecular weight is 424 g/mol. The fraction of sp³-hybridized carbons (Fsp3) is 0.348. The molecule has 3 aromatic rings. The van der Waals surface area contributed by atoms with Gasteiger partial charge < -0.3 is 24.6 Å². The third kappa shape index (κ3) is 8.00. The number of nitrogens with zero attached hydrogens (tertiary/aromatic N) is 3. The summed E-state index contributed by atoms with van der Waals surface area (Å²) in [7, 11) is 0. The Balaban J connectivity index is 1.55. The topological polar surface area (TPSA) is 93.8 Å². The second-order valence-corrected chi connectivity index (χ2v) is 7.16. The first-order valence-electron chi connectivity index (χ1n) is 10.4. The van der Waals surface area contributed by atoms with E-state index in [1.807, 2.05) is 68.4 Å². The van der Waals surface area contributed by atoms with Crippen LogP contribution in [0.4, 0.5) is 5.69 Å². The Morgan fingerprint density at radius 2 is 1.84 bits per heavy atom. The van der Waals surface area contributed by atoms with Crippen molar-refractivity contribution in [3.05, 3.63) is 66.3 Å². The van der Waals surface area contributed by atoms with Gasteiger partial charge in [0.1, 0.15) is 18.0 Å². The van der Waals surface area contributed by atoms with Crippen LogP contribution in [0.2, 0.25) is 0 Å². The Kier molecular flexibility index (Phi) is 8.28. The smallest absolute Gasteiger partial charge is 0.248 e. The van der Waals surface area contributed by atoms with Gasteiger partial charge >= 0.3 is 0 Å². The Labute approximate surface area is 182 Å². The van der Waals surface area contributed by atoms with Gasteiger partial charge in [0, 0.05) is 12.2 Å². The molecule has 8 nitrogen and oxygen atoms in total. The molecule has 0 aliphatic heterocycles. The summed E-state index contributed by atoms with van der Waals surface area (Å²) in [4.78, 5) is 8.75. The van der Waals surface area contributed by atoms with E-state index in [0.29, 0.717) is 30.8 Å². The van der Waals surface area contributed by atoms with E-state index in [-0.39, 0.29) is 12.6 Å². The van der Waals surface area contributed by atoms with E-state index in [2.05, 4.69) is 25.8 Å². The summed E-state index contributed by atoms with van der Waals surface area (Å²) in [5.41, 5.74) is 0.893.